The van der Waals surface area contributed by atoms with Crippen LogP contribution in [0.4, 0.5) is 0 Å². The van der Waals surface area contributed by atoms with Crippen LogP contribution in [0.2, 0.25) is 0 Å². The van der Waals surface area contributed by atoms with Gasteiger partial charge in [-0.05, 0) is 31.6 Å². The third kappa shape index (κ3) is 74.9. The number of aliphatic hydroxyl groups excluding tert-OH is 1. The molecule has 0 amide bonds. The molecule has 0 bridgehead atoms. The summed E-state index contributed by atoms with van der Waals surface area (Å²) in [4.78, 5) is 73.1. The Bertz CT molecular complexity index is 1950. The summed E-state index contributed by atoms with van der Waals surface area (Å²) in [5.74, 6) is -1.30. The fourth-order valence-corrected chi connectivity index (χ4v) is 14.5. The molecule has 0 aromatic heterocycles. The lowest BCUT2D eigenvalue weighted by molar-refractivity contribution is -0.161. The number of carbonyl (C=O) groups excluding carboxylic acids is 4. The molecule has 0 aliphatic rings. The SMILES string of the molecule is CCCCCCCCCCCCCCCCCCCCCCCCC(=O)O[C@H](COC(=O)CCCCCCCCCCCCCCCCC)COP(=O)(O)OC[C@@H](O)COP(=O)(O)OC[C@@H](COC(=O)CCCCCCCCCCCCC)OC(=O)CCCCCCCCCCCCC(C)CC. The summed E-state index contributed by atoms with van der Waals surface area (Å²) < 4.78 is 68.8. The van der Waals surface area contributed by atoms with Crippen molar-refractivity contribution in [2.75, 3.05) is 39.6 Å². The number of hydrogen-bond donors (Lipinski definition) is 3. The number of unbranched alkanes of at least 4 members (excludes halogenated alkanes) is 54. The van der Waals surface area contributed by atoms with Crippen LogP contribution in [-0.4, -0.2) is 96.7 Å². The number of aliphatic hydroxyl groups is 1. The van der Waals surface area contributed by atoms with Gasteiger partial charge in [-0.15, -0.1) is 0 Å². The lowest BCUT2D eigenvalue weighted by Gasteiger charge is -2.21. The van der Waals surface area contributed by atoms with Crippen molar-refractivity contribution in [3.05, 3.63) is 0 Å². The topological polar surface area (TPSA) is 237 Å². The lowest BCUT2D eigenvalue weighted by Crippen LogP contribution is -2.30. The van der Waals surface area contributed by atoms with Gasteiger partial charge in [0.05, 0.1) is 26.4 Å². The van der Waals surface area contributed by atoms with Gasteiger partial charge >= 0.3 is 39.5 Å². The average molecular weight is 1490 g/mol. The van der Waals surface area contributed by atoms with Crippen LogP contribution < -0.4 is 0 Å². The summed E-state index contributed by atoms with van der Waals surface area (Å²) in [6, 6.07) is 0. The molecule has 0 aromatic rings. The van der Waals surface area contributed by atoms with E-state index in [1.165, 1.54) is 270 Å². The summed E-state index contributed by atoms with van der Waals surface area (Å²) in [5, 5.41) is 10.7. The quantitative estimate of drug-likeness (QED) is 0.0222. The monoisotopic (exact) mass is 1490 g/mol. The van der Waals surface area contributed by atoms with E-state index in [1.54, 1.807) is 0 Å². The standard InChI is InChI=1S/C83H162O17P2/c1-6-10-13-16-19-22-25-27-29-30-31-32-33-34-35-37-39-42-48-53-58-63-68-82(87)99-78(73-94-81(86)67-62-57-52-47-41-38-36-28-26-23-20-17-14-11-7-2)74-97-101(89,90)95-70-77(84)71-96-102(91,92)98-75-79(72-93-80(85)66-61-56-51-46-40-24-21-18-15-12-8-3)100-83(88)69-64-59-54-49-44-43-45-50-55-60-65-76(5)9-4/h76-79,84H,6-75H2,1-5H3,(H,89,90)(H,91,92)/t76?,77-,78-,79-/m1/s1. The van der Waals surface area contributed by atoms with Crippen molar-refractivity contribution < 1.29 is 80.2 Å². The maximum absolute atomic E-state index is 13.1. The number of phosphoric ester groups is 2. The van der Waals surface area contributed by atoms with Crippen molar-refractivity contribution in [3.8, 4) is 0 Å². The number of ether oxygens (including phenoxy) is 4. The molecule has 17 nitrogen and oxygen atoms in total. The van der Waals surface area contributed by atoms with Crippen molar-refractivity contribution in [1.29, 1.82) is 0 Å². The van der Waals surface area contributed by atoms with Crippen molar-refractivity contribution >= 4 is 39.5 Å². The second-order valence-corrected chi connectivity index (χ2v) is 33.0. The van der Waals surface area contributed by atoms with Crippen molar-refractivity contribution in [1.82, 2.24) is 0 Å². The highest BCUT2D eigenvalue weighted by molar-refractivity contribution is 7.47. The normalized spacial score (nSPS) is 14.1. The lowest BCUT2D eigenvalue weighted by atomic mass is 9.99. The van der Waals surface area contributed by atoms with Crippen LogP contribution in [-0.2, 0) is 65.4 Å². The number of carbonyl (C=O) groups is 4. The molecule has 6 atom stereocenters. The van der Waals surface area contributed by atoms with Crippen LogP contribution in [0.1, 0.15) is 446 Å². The number of phosphoric acid groups is 2. The third-order valence-corrected chi connectivity index (χ3v) is 21.8. The molecule has 0 saturated carbocycles. The molecule has 3 unspecified atom stereocenters. The van der Waals surface area contributed by atoms with E-state index in [4.69, 9.17) is 37.0 Å². The Kier molecular flexibility index (Phi) is 74.4. The zero-order chi connectivity index (χ0) is 74.8. The summed E-state index contributed by atoms with van der Waals surface area (Å²) in [7, 11) is -9.92. The van der Waals surface area contributed by atoms with Crippen LogP contribution >= 0.6 is 15.6 Å². The molecule has 606 valence electrons. The second-order valence-electron chi connectivity index (χ2n) is 30.1. The van der Waals surface area contributed by atoms with Gasteiger partial charge in [0, 0.05) is 25.7 Å². The maximum atomic E-state index is 13.1. The van der Waals surface area contributed by atoms with Gasteiger partial charge in [0.25, 0.3) is 0 Å². The molecule has 0 aliphatic carbocycles. The van der Waals surface area contributed by atoms with Crippen LogP contribution in [0.15, 0.2) is 0 Å². The van der Waals surface area contributed by atoms with Gasteiger partial charge in [0.15, 0.2) is 12.2 Å². The van der Waals surface area contributed by atoms with E-state index >= 15 is 0 Å². The minimum Gasteiger partial charge on any atom is -0.462 e. The smallest absolute Gasteiger partial charge is 0.462 e. The first-order valence-electron chi connectivity index (χ1n) is 43.2. The highest BCUT2D eigenvalue weighted by Gasteiger charge is 2.30. The molecule has 0 saturated heterocycles. The molecular weight excluding hydrogens is 1330 g/mol. The molecule has 0 spiro atoms. The molecule has 19 heteroatoms. The summed E-state index contributed by atoms with van der Waals surface area (Å²) in [6.45, 7) is 7.36. The van der Waals surface area contributed by atoms with Crippen molar-refractivity contribution in [2.24, 2.45) is 5.92 Å². The fourth-order valence-electron chi connectivity index (χ4n) is 12.9. The fraction of sp³-hybridized carbons (Fsp3) is 0.952. The minimum atomic E-state index is -4.96. The Balaban J connectivity index is 5.22. The summed E-state index contributed by atoms with van der Waals surface area (Å²) in [6.07, 6.45) is 67.9. The van der Waals surface area contributed by atoms with Gasteiger partial charge in [-0.3, -0.25) is 37.3 Å². The van der Waals surface area contributed by atoms with E-state index in [2.05, 4.69) is 34.6 Å². The van der Waals surface area contributed by atoms with Crippen molar-refractivity contribution in [3.63, 3.8) is 0 Å². The zero-order valence-electron chi connectivity index (χ0n) is 66.8. The number of rotatable bonds is 83. The molecular formula is C83H162O17P2. The number of esters is 4. The zero-order valence-corrected chi connectivity index (χ0v) is 68.5. The van der Waals surface area contributed by atoms with Gasteiger partial charge in [-0.25, -0.2) is 9.13 Å². The second kappa shape index (κ2) is 75.9. The Morgan fingerprint density at radius 3 is 0.696 bits per heavy atom. The third-order valence-electron chi connectivity index (χ3n) is 19.9. The van der Waals surface area contributed by atoms with Crippen LogP contribution in [0.25, 0.3) is 0 Å². The minimum absolute atomic E-state index is 0.107. The Hall–Kier alpha value is -1.94. The predicted octanol–water partition coefficient (Wildman–Crippen LogP) is 25.2. The molecule has 102 heavy (non-hydrogen) atoms. The molecule has 0 rings (SSSR count). The predicted molar refractivity (Wildman–Crippen MR) is 418 cm³/mol. The van der Waals surface area contributed by atoms with E-state index in [0.29, 0.717) is 25.7 Å². The van der Waals surface area contributed by atoms with E-state index in [1.807, 2.05) is 0 Å². The average Bonchev–Trinajstić information content (AvgIpc) is 0.924. The van der Waals surface area contributed by atoms with Crippen LogP contribution in [0, 0.1) is 5.92 Å². The Labute approximate surface area is 626 Å². The first kappa shape index (κ1) is 100. The summed E-state index contributed by atoms with van der Waals surface area (Å²) >= 11 is 0. The highest BCUT2D eigenvalue weighted by Crippen LogP contribution is 2.45. The maximum Gasteiger partial charge on any atom is 0.472 e. The largest absolute Gasteiger partial charge is 0.472 e. The van der Waals surface area contributed by atoms with Crippen LogP contribution in [0.3, 0.4) is 0 Å². The van der Waals surface area contributed by atoms with Gasteiger partial charge in [0.1, 0.15) is 19.3 Å². The molecule has 0 aliphatic heterocycles. The molecule has 0 aromatic carbocycles. The first-order valence-corrected chi connectivity index (χ1v) is 46.2. The van der Waals surface area contributed by atoms with E-state index in [0.717, 1.165) is 95.8 Å². The van der Waals surface area contributed by atoms with Gasteiger partial charge in [-0.2, -0.15) is 0 Å². The van der Waals surface area contributed by atoms with Gasteiger partial charge in [-0.1, -0.05) is 394 Å². The van der Waals surface area contributed by atoms with Crippen LogP contribution in [0.5, 0.6) is 0 Å². The van der Waals surface area contributed by atoms with E-state index in [-0.39, 0.29) is 25.7 Å². The van der Waals surface area contributed by atoms with E-state index < -0.39 is 97.5 Å². The molecule has 0 radical (unpaired) electrons. The Morgan fingerprint density at radius 2 is 0.471 bits per heavy atom. The summed E-state index contributed by atoms with van der Waals surface area (Å²) in [5.41, 5.74) is 0. The Morgan fingerprint density at radius 1 is 0.275 bits per heavy atom. The first-order chi connectivity index (χ1) is 49.6. The van der Waals surface area contributed by atoms with Crippen molar-refractivity contribution in [2.45, 2.75) is 464 Å². The van der Waals surface area contributed by atoms with Gasteiger partial charge < -0.3 is 33.8 Å². The molecule has 0 heterocycles. The van der Waals surface area contributed by atoms with E-state index in [9.17, 15) is 43.2 Å². The van der Waals surface area contributed by atoms with Gasteiger partial charge in [0.2, 0.25) is 0 Å². The molecule has 0 fully saturated rings. The highest BCUT2D eigenvalue weighted by atomic mass is 31.2. The molecule has 3 N–H and O–H groups in total. The number of hydrogen-bond acceptors (Lipinski definition) is 15.